The highest BCUT2D eigenvalue weighted by Crippen LogP contribution is 2.24. The van der Waals surface area contributed by atoms with Crippen molar-refractivity contribution in [2.45, 2.75) is 52.2 Å². The number of rotatable bonds is 11. The standard InChI is InChI=1S/C31H39FN4O4S/c1-23-13-12-16-25(19-23)21-35(28(30(38)33-31(2,3)4)20-24-14-8-7-9-15-24)29(37)22-36(41(39,40)34(5)6)27-18-11-10-17-26(27)32/h7-19,28H,20-22H2,1-6H3,(H,33,38). The maximum absolute atomic E-state index is 14.9. The number of aryl methyl sites for hydroxylation is 1. The third-order valence-electron chi connectivity index (χ3n) is 6.34. The monoisotopic (exact) mass is 582 g/mol. The molecule has 3 aromatic carbocycles. The van der Waals surface area contributed by atoms with E-state index >= 15 is 0 Å². The fourth-order valence-electron chi connectivity index (χ4n) is 4.37. The van der Waals surface area contributed by atoms with Gasteiger partial charge in [-0.3, -0.25) is 9.59 Å². The molecule has 1 N–H and O–H groups in total. The average Bonchev–Trinajstić information content (AvgIpc) is 2.89. The molecule has 0 heterocycles. The van der Waals surface area contributed by atoms with Crippen LogP contribution in [0, 0.1) is 12.7 Å². The molecule has 0 aliphatic heterocycles. The van der Waals surface area contributed by atoms with E-state index in [-0.39, 0.29) is 24.6 Å². The van der Waals surface area contributed by atoms with Crippen LogP contribution in [-0.4, -0.2) is 61.7 Å². The van der Waals surface area contributed by atoms with Crippen molar-refractivity contribution < 1.29 is 22.4 Å². The summed E-state index contributed by atoms with van der Waals surface area (Å²) in [5.41, 5.74) is 1.72. The maximum Gasteiger partial charge on any atom is 0.304 e. The number of halogens is 1. The highest BCUT2D eigenvalue weighted by molar-refractivity contribution is 7.90. The quantitative estimate of drug-likeness (QED) is 0.365. The van der Waals surface area contributed by atoms with E-state index < -0.39 is 40.1 Å². The van der Waals surface area contributed by atoms with Crippen molar-refractivity contribution in [2.24, 2.45) is 0 Å². The summed E-state index contributed by atoms with van der Waals surface area (Å²) in [7, 11) is -1.65. The largest absolute Gasteiger partial charge is 0.350 e. The molecule has 0 aromatic heterocycles. The van der Waals surface area contributed by atoms with E-state index in [0.29, 0.717) is 0 Å². The van der Waals surface area contributed by atoms with E-state index in [2.05, 4.69) is 5.32 Å². The number of benzene rings is 3. The van der Waals surface area contributed by atoms with Gasteiger partial charge in [0, 0.05) is 32.6 Å². The first-order valence-corrected chi connectivity index (χ1v) is 14.7. The van der Waals surface area contributed by atoms with Crippen molar-refractivity contribution in [1.29, 1.82) is 0 Å². The third-order valence-corrected chi connectivity index (χ3v) is 8.15. The number of carbonyl (C=O) groups excluding carboxylic acids is 2. The summed E-state index contributed by atoms with van der Waals surface area (Å²) in [6.07, 6.45) is 0.195. The molecule has 0 saturated carbocycles. The summed E-state index contributed by atoms with van der Waals surface area (Å²) in [6, 6.07) is 21.3. The lowest BCUT2D eigenvalue weighted by atomic mass is 10.0. The zero-order valence-electron chi connectivity index (χ0n) is 24.5. The van der Waals surface area contributed by atoms with Crippen LogP contribution in [0.5, 0.6) is 0 Å². The predicted molar refractivity (Wildman–Crippen MR) is 160 cm³/mol. The van der Waals surface area contributed by atoms with E-state index in [0.717, 1.165) is 31.4 Å². The Kier molecular flexibility index (Phi) is 10.3. The number of para-hydroxylation sites is 1. The summed E-state index contributed by atoms with van der Waals surface area (Å²) in [4.78, 5) is 29.4. The summed E-state index contributed by atoms with van der Waals surface area (Å²) in [5.74, 6) is -1.82. The van der Waals surface area contributed by atoms with Gasteiger partial charge in [0.25, 0.3) is 0 Å². The molecule has 3 aromatic rings. The number of carbonyl (C=O) groups is 2. The van der Waals surface area contributed by atoms with Gasteiger partial charge in [0.15, 0.2) is 0 Å². The molecule has 41 heavy (non-hydrogen) atoms. The number of amides is 2. The average molecular weight is 583 g/mol. The highest BCUT2D eigenvalue weighted by Gasteiger charge is 2.36. The fraction of sp³-hybridized carbons (Fsp3) is 0.355. The molecule has 0 aliphatic carbocycles. The van der Waals surface area contributed by atoms with Crippen molar-refractivity contribution in [1.82, 2.24) is 14.5 Å². The number of hydrogen-bond donors (Lipinski definition) is 1. The summed E-state index contributed by atoms with van der Waals surface area (Å²) < 4.78 is 43.3. The van der Waals surface area contributed by atoms with Gasteiger partial charge in [-0.1, -0.05) is 72.3 Å². The van der Waals surface area contributed by atoms with Crippen LogP contribution < -0.4 is 9.62 Å². The Labute approximate surface area is 243 Å². The van der Waals surface area contributed by atoms with Gasteiger partial charge >= 0.3 is 10.2 Å². The van der Waals surface area contributed by atoms with Gasteiger partial charge < -0.3 is 10.2 Å². The van der Waals surface area contributed by atoms with Gasteiger partial charge in [-0.25, -0.2) is 8.70 Å². The molecule has 3 rings (SSSR count). The van der Waals surface area contributed by atoms with Crippen LogP contribution in [0.15, 0.2) is 78.9 Å². The Morgan fingerprint density at radius 3 is 2.10 bits per heavy atom. The second-order valence-electron chi connectivity index (χ2n) is 11.2. The molecular weight excluding hydrogens is 543 g/mol. The van der Waals surface area contributed by atoms with Crippen LogP contribution in [0.1, 0.15) is 37.5 Å². The molecule has 2 amide bonds. The molecule has 0 bridgehead atoms. The molecular formula is C31H39FN4O4S. The third kappa shape index (κ3) is 8.61. The smallest absolute Gasteiger partial charge is 0.304 e. The maximum atomic E-state index is 14.9. The second kappa shape index (κ2) is 13.3. The van der Waals surface area contributed by atoms with Crippen molar-refractivity contribution in [3.8, 4) is 0 Å². The Balaban J connectivity index is 2.13. The van der Waals surface area contributed by atoms with Gasteiger partial charge in [-0.05, 0) is 51.0 Å². The van der Waals surface area contributed by atoms with Gasteiger partial charge in [-0.15, -0.1) is 0 Å². The number of nitrogens with one attached hydrogen (secondary N) is 1. The first kappa shape index (κ1) is 31.8. The van der Waals surface area contributed by atoms with Crippen molar-refractivity contribution in [3.63, 3.8) is 0 Å². The Morgan fingerprint density at radius 1 is 0.902 bits per heavy atom. The summed E-state index contributed by atoms with van der Waals surface area (Å²) >= 11 is 0. The zero-order valence-corrected chi connectivity index (χ0v) is 25.3. The molecule has 220 valence electrons. The van der Waals surface area contributed by atoms with E-state index in [1.165, 1.54) is 37.2 Å². The normalized spacial score (nSPS) is 12.6. The molecule has 0 aliphatic rings. The van der Waals surface area contributed by atoms with Crippen LogP contribution in [0.2, 0.25) is 0 Å². The molecule has 10 heteroatoms. The minimum Gasteiger partial charge on any atom is -0.350 e. The van der Waals surface area contributed by atoms with Gasteiger partial charge in [-0.2, -0.15) is 12.7 Å². The Bertz CT molecular complexity index is 1460. The number of hydrogen-bond acceptors (Lipinski definition) is 4. The number of anilines is 1. The summed E-state index contributed by atoms with van der Waals surface area (Å²) in [5, 5.41) is 2.98. The van der Waals surface area contributed by atoms with Crippen molar-refractivity contribution in [2.75, 3.05) is 24.9 Å². The first-order chi connectivity index (χ1) is 19.2. The van der Waals surface area contributed by atoms with E-state index in [9.17, 15) is 22.4 Å². The molecule has 1 atom stereocenters. The topological polar surface area (TPSA) is 90.0 Å². The first-order valence-electron chi connectivity index (χ1n) is 13.3. The Hall–Kier alpha value is -3.76. The molecule has 0 spiro atoms. The van der Waals surface area contributed by atoms with Crippen molar-refractivity contribution in [3.05, 3.63) is 101 Å². The van der Waals surface area contributed by atoms with E-state index in [1.54, 1.807) is 0 Å². The van der Waals surface area contributed by atoms with Gasteiger partial charge in [0.1, 0.15) is 18.4 Å². The molecule has 0 saturated heterocycles. The lowest BCUT2D eigenvalue weighted by molar-refractivity contribution is -0.140. The van der Waals surface area contributed by atoms with Crippen LogP contribution in [-0.2, 0) is 32.8 Å². The molecule has 8 nitrogen and oxygen atoms in total. The SMILES string of the molecule is Cc1cccc(CN(C(=O)CN(c2ccccc2F)S(=O)(=O)N(C)C)C(Cc2ccccc2)C(=O)NC(C)(C)C)c1. The van der Waals surface area contributed by atoms with Crippen LogP contribution >= 0.6 is 0 Å². The predicted octanol–water partition coefficient (Wildman–Crippen LogP) is 4.30. The number of nitrogens with zero attached hydrogens (tertiary/aromatic N) is 3. The molecule has 0 radical (unpaired) electrons. The van der Waals surface area contributed by atoms with Crippen molar-refractivity contribution >= 4 is 27.7 Å². The van der Waals surface area contributed by atoms with E-state index in [4.69, 9.17) is 0 Å². The fourth-order valence-corrected chi connectivity index (χ4v) is 5.43. The lowest BCUT2D eigenvalue weighted by Gasteiger charge is -2.35. The molecule has 0 fully saturated rings. The Morgan fingerprint density at radius 2 is 1.51 bits per heavy atom. The van der Waals surface area contributed by atoms with Crippen LogP contribution in [0.4, 0.5) is 10.1 Å². The summed E-state index contributed by atoms with van der Waals surface area (Å²) in [6.45, 7) is 6.80. The van der Waals surface area contributed by atoms with Crippen LogP contribution in [0.25, 0.3) is 0 Å². The lowest BCUT2D eigenvalue weighted by Crippen LogP contribution is -2.56. The minimum atomic E-state index is -4.28. The minimum absolute atomic E-state index is 0.0443. The molecule has 1 unspecified atom stereocenters. The van der Waals surface area contributed by atoms with Gasteiger partial charge in [0.2, 0.25) is 11.8 Å². The second-order valence-corrected chi connectivity index (χ2v) is 13.3. The van der Waals surface area contributed by atoms with Gasteiger partial charge in [0.05, 0.1) is 5.69 Å². The zero-order chi connectivity index (χ0) is 30.4. The van der Waals surface area contributed by atoms with E-state index in [1.807, 2.05) is 82.3 Å². The highest BCUT2D eigenvalue weighted by atomic mass is 32.2. The van der Waals surface area contributed by atoms with Crippen LogP contribution in [0.3, 0.4) is 0 Å².